The van der Waals surface area contributed by atoms with Crippen LogP contribution in [0.1, 0.15) is 38.5 Å². The molecule has 3 fully saturated rings. The van der Waals surface area contributed by atoms with E-state index in [9.17, 15) is 0 Å². The van der Waals surface area contributed by atoms with Crippen molar-refractivity contribution in [2.24, 2.45) is 5.73 Å². The van der Waals surface area contributed by atoms with Crippen LogP contribution in [0, 0.1) is 0 Å². The van der Waals surface area contributed by atoms with Crippen molar-refractivity contribution < 1.29 is 4.74 Å². The van der Waals surface area contributed by atoms with E-state index in [0.717, 1.165) is 19.7 Å². The largest absolute Gasteiger partial charge is 0.375 e. The molecule has 0 spiro atoms. The van der Waals surface area contributed by atoms with E-state index in [2.05, 4.69) is 4.90 Å². The molecule has 3 aliphatic rings. The molecule has 2 N–H and O–H groups in total. The number of nitrogens with zero attached hydrogens (tertiary/aromatic N) is 1. The molecule has 15 heavy (non-hydrogen) atoms. The van der Waals surface area contributed by atoms with Gasteiger partial charge < -0.3 is 10.5 Å². The zero-order valence-corrected chi connectivity index (χ0v) is 9.45. The molecular weight excluding hydrogens is 188 g/mol. The first-order valence-corrected chi connectivity index (χ1v) is 6.41. The molecule has 0 aromatic carbocycles. The summed E-state index contributed by atoms with van der Waals surface area (Å²) in [7, 11) is 0. The predicted molar refractivity (Wildman–Crippen MR) is 59.7 cm³/mol. The van der Waals surface area contributed by atoms with Crippen LogP contribution in [0.15, 0.2) is 0 Å². The second-order valence-electron chi connectivity index (χ2n) is 5.59. The van der Waals surface area contributed by atoms with Crippen LogP contribution in [0.2, 0.25) is 0 Å². The third-order valence-electron chi connectivity index (χ3n) is 4.26. The summed E-state index contributed by atoms with van der Waals surface area (Å²) in [4.78, 5) is 2.61. The molecular formula is C12H22N2O. The second-order valence-corrected chi connectivity index (χ2v) is 5.59. The van der Waals surface area contributed by atoms with Crippen molar-refractivity contribution in [1.82, 2.24) is 4.90 Å². The second kappa shape index (κ2) is 3.72. The van der Waals surface area contributed by atoms with Crippen LogP contribution in [-0.4, -0.2) is 42.3 Å². The normalized spacial score (nSPS) is 39.8. The molecule has 2 unspecified atom stereocenters. The Balaban J connectivity index is 1.65. The Morgan fingerprint density at radius 3 is 2.87 bits per heavy atom. The summed E-state index contributed by atoms with van der Waals surface area (Å²) in [5.74, 6) is 0. The highest BCUT2D eigenvalue weighted by molar-refractivity contribution is 5.03. The fraction of sp³-hybridized carbons (Fsp3) is 1.00. The van der Waals surface area contributed by atoms with Gasteiger partial charge in [-0.25, -0.2) is 0 Å². The SMILES string of the molecule is NC1(CN2CCOC3CCCCC32)CC1. The molecule has 1 saturated heterocycles. The maximum atomic E-state index is 6.22. The van der Waals surface area contributed by atoms with Gasteiger partial charge in [-0.2, -0.15) is 0 Å². The molecule has 0 bridgehead atoms. The highest BCUT2D eigenvalue weighted by atomic mass is 16.5. The molecule has 0 aromatic heterocycles. The van der Waals surface area contributed by atoms with Crippen LogP contribution >= 0.6 is 0 Å². The molecule has 3 nitrogen and oxygen atoms in total. The van der Waals surface area contributed by atoms with Gasteiger partial charge in [-0.15, -0.1) is 0 Å². The number of hydrogen-bond acceptors (Lipinski definition) is 3. The molecule has 3 heteroatoms. The summed E-state index contributed by atoms with van der Waals surface area (Å²) >= 11 is 0. The lowest BCUT2D eigenvalue weighted by molar-refractivity contribution is -0.0901. The fourth-order valence-corrected chi connectivity index (χ4v) is 3.10. The van der Waals surface area contributed by atoms with Crippen molar-refractivity contribution >= 4 is 0 Å². The lowest BCUT2D eigenvalue weighted by atomic mass is 9.90. The maximum Gasteiger partial charge on any atom is 0.0730 e. The zero-order valence-electron chi connectivity index (χ0n) is 9.45. The Bertz CT molecular complexity index is 238. The number of rotatable bonds is 2. The molecule has 86 valence electrons. The molecule has 1 heterocycles. The molecule has 0 radical (unpaired) electrons. The van der Waals surface area contributed by atoms with E-state index in [1.54, 1.807) is 0 Å². The van der Waals surface area contributed by atoms with Crippen LogP contribution in [0.25, 0.3) is 0 Å². The van der Waals surface area contributed by atoms with Crippen molar-refractivity contribution in [1.29, 1.82) is 0 Å². The quantitative estimate of drug-likeness (QED) is 0.742. The molecule has 0 amide bonds. The lowest BCUT2D eigenvalue weighted by Gasteiger charge is -2.44. The third kappa shape index (κ3) is 2.05. The Kier molecular flexibility index (Phi) is 2.49. The maximum absolute atomic E-state index is 6.22. The van der Waals surface area contributed by atoms with E-state index < -0.39 is 0 Å². The number of fused-ring (bicyclic) bond motifs is 1. The van der Waals surface area contributed by atoms with Crippen LogP contribution in [0.3, 0.4) is 0 Å². The monoisotopic (exact) mass is 210 g/mol. The Morgan fingerprint density at radius 1 is 1.27 bits per heavy atom. The van der Waals surface area contributed by atoms with Crippen molar-refractivity contribution in [3.05, 3.63) is 0 Å². The summed E-state index contributed by atoms with van der Waals surface area (Å²) in [6, 6.07) is 0.675. The lowest BCUT2D eigenvalue weighted by Crippen LogP contribution is -2.56. The van der Waals surface area contributed by atoms with Gasteiger partial charge in [0.15, 0.2) is 0 Å². The topological polar surface area (TPSA) is 38.5 Å². The van der Waals surface area contributed by atoms with Crippen molar-refractivity contribution in [3.8, 4) is 0 Å². The van der Waals surface area contributed by atoms with Gasteiger partial charge in [0.1, 0.15) is 0 Å². The molecule has 2 atom stereocenters. The molecule has 2 aliphatic carbocycles. The van der Waals surface area contributed by atoms with Gasteiger partial charge in [-0.1, -0.05) is 12.8 Å². The van der Waals surface area contributed by atoms with E-state index >= 15 is 0 Å². The van der Waals surface area contributed by atoms with Gasteiger partial charge in [-0.3, -0.25) is 4.90 Å². The molecule has 3 rings (SSSR count). The highest BCUT2D eigenvalue weighted by Gasteiger charge is 2.43. The van der Waals surface area contributed by atoms with E-state index in [4.69, 9.17) is 10.5 Å². The first-order valence-electron chi connectivity index (χ1n) is 6.41. The number of morpholine rings is 1. The highest BCUT2D eigenvalue weighted by Crippen LogP contribution is 2.36. The van der Waals surface area contributed by atoms with E-state index in [1.165, 1.54) is 38.5 Å². The fourth-order valence-electron chi connectivity index (χ4n) is 3.10. The van der Waals surface area contributed by atoms with Crippen LogP contribution in [0.5, 0.6) is 0 Å². The van der Waals surface area contributed by atoms with Gasteiger partial charge in [0.05, 0.1) is 12.7 Å². The summed E-state index contributed by atoms with van der Waals surface area (Å²) in [5.41, 5.74) is 6.38. The minimum Gasteiger partial charge on any atom is -0.375 e. The van der Waals surface area contributed by atoms with Crippen molar-refractivity contribution in [2.75, 3.05) is 19.7 Å². The average Bonchev–Trinajstić information content (AvgIpc) is 2.97. The smallest absolute Gasteiger partial charge is 0.0730 e. The van der Waals surface area contributed by atoms with Crippen LogP contribution in [0.4, 0.5) is 0 Å². The molecule has 0 aromatic rings. The van der Waals surface area contributed by atoms with Crippen LogP contribution in [-0.2, 0) is 4.74 Å². The van der Waals surface area contributed by atoms with E-state index in [1.807, 2.05) is 0 Å². The third-order valence-corrected chi connectivity index (χ3v) is 4.26. The van der Waals surface area contributed by atoms with Gasteiger partial charge >= 0.3 is 0 Å². The summed E-state index contributed by atoms with van der Waals surface area (Å²) < 4.78 is 5.86. The zero-order chi connectivity index (χ0) is 10.3. The molecule has 1 aliphatic heterocycles. The van der Waals surface area contributed by atoms with Crippen molar-refractivity contribution in [2.45, 2.75) is 56.2 Å². The van der Waals surface area contributed by atoms with E-state index in [0.29, 0.717) is 12.1 Å². The van der Waals surface area contributed by atoms with Gasteiger partial charge in [-0.05, 0) is 25.7 Å². The summed E-state index contributed by atoms with van der Waals surface area (Å²) in [6.07, 6.45) is 8.26. The van der Waals surface area contributed by atoms with Gasteiger partial charge in [0.2, 0.25) is 0 Å². The molecule has 2 saturated carbocycles. The summed E-state index contributed by atoms with van der Waals surface area (Å²) in [5, 5.41) is 0. The predicted octanol–water partition coefficient (Wildman–Crippen LogP) is 1.12. The standard InChI is InChI=1S/C12H22N2O/c13-12(5-6-12)9-14-7-8-15-11-4-2-1-3-10(11)14/h10-11H,1-9,13H2. The number of hydrogen-bond donors (Lipinski definition) is 1. The Hall–Kier alpha value is -0.120. The average molecular weight is 210 g/mol. The minimum absolute atomic E-state index is 0.166. The number of nitrogens with two attached hydrogens (primary N) is 1. The van der Waals surface area contributed by atoms with Gasteiger partial charge in [0.25, 0.3) is 0 Å². The summed E-state index contributed by atoms with van der Waals surface area (Å²) in [6.45, 7) is 3.12. The van der Waals surface area contributed by atoms with E-state index in [-0.39, 0.29) is 5.54 Å². The minimum atomic E-state index is 0.166. The van der Waals surface area contributed by atoms with Gasteiger partial charge in [0, 0.05) is 24.7 Å². The first-order chi connectivity index (χ1) is 7.27. The first kappa shape index (κ1) is 10.1. The van der Waals surface area contributed by atoms with Crippen molar-refractivity contribution in [3.63, 3.8) is 0 Å². The Morgan fingerprint density at radius 2 is 2.07 bits per heavy atom. The Labute approximate surface area is 91.9 Å². The van der Waals surface area contributed by atoms with Crippen LogP contribution < -0.4 is 5.73 Å². The number of ether oxygens (including phenoxy) is 1.